The quantitative estimate of drug-likeness (QED) is 0.266. The molecular formula is C29H44O9. The van der Waals surface area contributed by atoms with Gasteiger partial charge < -0.3 is 39.7 Å². The Morgan fingerprint density at radius 1 is 1.00 bits per heavy atom. The van der Waals surface area contributed by atoms with Crippen molar-refractivity contribution in [2.45, 2.75) is 114 Å². The van der Waals surface area contributed by atoms with Crippen molar-refractivity contribution >= 4 is 5.97 Å². The molecule has 0 spiro atoms. The highest BCUT2D eigenvalue weighted by molar-refractivity contribution is 5.85. The Kier molecular flexibility index (Phi) is 6.78. The van der Waals surface area contributed by atoms with Gasteiger partial charge in [-0.05, 0) is 99.4 Å². The average molecular weight is 537 g/mol. The fourth-order valence-electron chi connectivity index (χ4n) is 9.91. The summed E-state index contributed by atoms with van der Waals surface area (Å²) in [6.45, 7) is 4.27. The number of esters is 1. The third-order valence-electron chi connectivity index (χ3n) is 12.1. The van der Waals surface area contributed by atoms with Crippen LogP contribution in [-0.2, 0) is 19.0 Å². The molecule has 2 heterocycles. The van der Waals surface area contributed by atoms with Gasteiger partial charge in [-0.1, -0.05) is 6.92 Å². The van der Waals surface area contributed by atoms with Gasteiger partial charge >= 0.3 is 5.97 Å². The summed E-state index contributed by atoms with van der Waals surface area (Å²) in [5, 5.41) is 53.9. The molecule has 0 amide bonds. The summed E-state index contributed by atoms with van der Waals surface area (Å²) in [4.78, 5) is 11.8. The van der Waals surface area contributed by atoms with Crippen molar-refractivity contribution in [3.05, 3.63) is 11.6 Å². The minimum Gasteiger partial charge on any atom is -0.458 e. The number of aliphatic hydroxyl groups excluding tert-OH is 4. The van der Waals surface area contributed by atoms with Crippen LogP contribution in [0.15, 0.2) is 11.6 Å². The van der Waals surface area contributed by atoms with E-state index in [0.717, 1.165) is 50.5 Å². The maximum absolute atomic E-state index is 12.4. The number of hydrogen-bond donors (Lipinski definition) is 5. The molecule has 0 aromatic heterocycles. The van der Waals surface area contributed by atoms with Gasteiger partial charge in [0.05, 0.1) is 17.8 Å². The maximum atomic E-state index is 12.4. The average Bonchev–Trinajstić information content (AvgIpc) is 3.45. The number of fused-ring (bicyclic) bond motifs is 5. The van der Waals surface area contributed by atoms with Crippen molar-refractivity contribution in [2.75, 3.05) is 13.2 Å². The molecule has 0 aromatic rings. The van der Waals surface area contributed by atoms with E-state index < -0.39 is 36.3 Å². The topological polar surface area (TPSA) is 146 Å². The molecule has 9 nitrogen and oxygen atoms in total. The monoisotopic (exact) mass is 536 g/mol. The number of rotatable bonds is 4. The number of aliphatic hydroxyl groups is 5. The molecule has 6 rings (SSSR count). The van der Waals surface area contributed by atoms with Crippen LogP contribution < -0.4 is 0 Å². The summed E-state index contributed by atoms with van der Waals surface area (Å²) < 4.78 is 17.1. The Morgan fingerprint density at radius 3 is 2.50 bits per heavy atom. The fourth-order valence-corrected chi connectivity index (χ4v) is 9.91. The Morgan fingerprint density at radius 2 is 1.79 bits per heavy atom. The molecule has 0 aromatic carbocycles. The molecule has 5 fully saturated rings. The van der Waals surface area contributed by atoms with Crippen LogP contribution in [0.5, 0.6) is 0 Å². The van der Waals surface area contributed by atoms with E-state index in [1.165, 1.54) is 0 Å². The van der Waals surface area contributed by atoms with Crippen LogP contribution in [0.25, 0.3) is 0 Å². The molecule has 5 N–H and O–H groups in total. The number of carbonyl (C=O) groups is 1. The third-order valence-corrected chi connectivity index (χ3v) is 12.1. The summed E-state index contributed by atoms with van der Waals surface area (Å²) in [7, 11) is 0. The van der Waals surface area contributed by atoms with Crippen LogP contribution in [0.3, 0.4) is 0 Å². The van der Waals surface area contributed by atoms with Crippen LogP contribution in [0.4, 0.5) is 0 Å². The van der Waals surface area contributed by atoms with E-state index >= 15 is 0 Å². The molecule has 0 unspecified atom stereocenters. The summed E-state index contributed by atoms with van der Waals surface area (Å²) in [6, 6.07) is 0. The lowest BCUT2D eigenvalue weighted by molar-refractivity contribution is -0.311. The molecule has 2 aliphatic heterocycles. The predicted molar refractivity (Wildman–Crippen MR) is 134 cm³/mol. The maximum Gasteiger partial charge on any atom is 0.331 e. The zero-order valence-corrected chi connectivity index (χ0v) is 22.5. The smallest absolute Gasteiger partial charge is 0.331 e. The van der Waals surface area contributed by atoms with Gasteiger partial charge in [0, 0.05) is 18.1 Å². The number of carbonyl (C=O) groups excluding carboxylic acids is 1. The van der Waals surface area contributed by atoms with Gasteiger partial charge in [-0.2, -0.15) is 0 Å². The SMILES string of the molecule is C[C@@H]1O[C@H](O[C@H]2CC[C@@]3(CO)[C@@H](CC[C@@H]4[C@@H]3CC[C@]3(C)[C@H](C5=CC(=O)OC5)CC[C@]43O)C2)[C@H](O)[C@H](O)[C@H]1O. The molecule has 6 aliphatic rings. The van der Waals surface area contributed by atoms with Crippen LogP contribution >= 0.6 is 0 Å². The lowest BCUT2D eigenvalue weighted by Crippen LogP contribution is -2.64. The molecule has 13 atom stereocenters. The van der Waals surface area contributed by atoms with E-state index in [4.69, 9.17) is 14.2 Å². The van der Waals surface area contributed by atoms with Crippen LogP contribution in [0, 0.1) is 34.5 Å². The zero-order chi connectivity index (χ0) is 27.0. The molecule has 0 bridgehead atoms. The minimum atomic E-state index is -1.32. The van der Waals surface area contributed by atoms with E-state index in [1.54, 1.807) is 13.0 Å². The molecule has 214 valence electrons. The largest absolute Gasteiger partial charge is 0.458 e. The lowest BCUT2D eigenvalue weighted by atomic mass is 9.43. The normalized spacial score (nSPS) is 54.5. The van der Waals surface area contributed by atoms with Gasteiger partial charge in [-0.15, -0.1) is 0 Å². The van der Waals surface area contributed by atoms with E-state index in [9.17, 15) is 30.3 Å². The minimum absolute atomic E-state index is 0.0831. The van der Waals surface area contributed by atoms with E-state index in [0.29, 0.717) is 19.4 Å². The summed E-state index contributed by atoms with van der Waals surface area (Å²) in [6.07, 6.45) is 3.35. The molecule has 38 heavy (non-hydrogen) atoms. The molecule has 1 saturated heterocycles. The molecule has 0 radical (unpaired) electrons. The second-order valence-corrected chi connectivity index (χ2v) is 13.4. The third kappa shape index (κ3) is 3.80. The molecule has 9 heteroatoms. The second-order valence-electron chi connectivity index (χ2n) is 13.4. The number of ether oxygens (including phenoxy) is 3. The fraction of sp³-hybridized carbons (Fsp3) is 0.897. The van der Waals surface area contributed by atoms with Crippen molar-refractivity contribution in [2.24, 2.45) is 34.5 Å². The predicted octanol–water partition coefficient (Wildman–Crippen LogP) is 1.43. The zero-order valence-electron chi connectivity index (χ0n) is 22.5. The van der Waals surface area contributed by atoms with Gasteiger partial charge in [0.1, 0.15) is 24.9 Å². The summed E-state index contributed by atoms with van der Waals surface area (Å²) >= 11 is 0. The van der Waals surface area contributed by atoms with E-state index in [2.05, 4.69) is 6.92 Å². The molecule has 4 aliphatic carbocycles. The summed E-state index contributed by atoms with van der Waals surface area (Å²) in [5.41, 5.74) is -0.401. The van der Waals surface area contributed by atoms with Crippen molar-refractivity contribution < 1.29 is 44.5 Å². The van der Waals surface area contributed by atoms with Gasteiger partial charge in [0.15, 0.2) is 6.29 Å². The van der Waals surface area contributed by atoms with Crippen LogP contribution in [-0.4, -0.2) is 87.1 Å². The Balaban J connectivity index is 1.19. The van der Waals surface area contributed by atoms with Crippen molar-refractivity contribution in [1.29, 1.82) is 0 Å². The Labute approximate surface area is 224 Å². The van der Waals surface area contributed by atoms with E-state index in [-0.39, 0.29) is 53.2 Å². The van der Waals surface area contributed by atoms with Crippen LogP contribution in [0.2, 0.25) is 0 Å². The molecular weight excluding hydrogens is 492 g/mol. The lowest BCUT2D eigenvalue weighted by Gasteiger charge is -2.64. The van der Waals surface area contributed by atoms with Gasteiger partial charge in [0.25, 0.3) is 0 Å². The highest BCUT2D eigenvalue weighted by atomic mass is 16.7. The van der Waals surface area contributed by atoms with Gasteiger partial charge in [-0.25, -0.2) is 4.79 Å². The second kappa shape index (κ2) is 9.50. The summed E-state index contributed by atoms with van der Waals surface area (Å²) in [5.74, 6) is 0.414. The van der Waals surface area contributed by atoms with Crippen molar-refractivity contribution in [1.82, 2.24) is 0 Å². The standard InChI is InChI=1S/C29H44O9/c1-15-23(32)24(33)25(34)26(37-15)38-18-5-9-28(14-30)17(12-18)3-4-21-20(28)6-8-27(2)19(7-10-29(21,27)35)16-11-22(31)36-13-16/h11,15,17-21,23-26,30,32-35H,3-10,12-14H2,1-2H3/t15-,17-,18-,19-,20-,21+,23-,24+,25+,26+,27+,28+,29-/m0/s1. The first kappa shape index (κ1) is 27.1. The van der Waals surface area contributed by atoms with Gasteiger partial charge in [0.2, 0.25) is 0 Å². The first-order valence-corrected chi connectivity index (χ1v) is 14.6. The van der Waals surface area contributed by atoms with Gasteiger partial charge in [-0.3, -0.25) is 0 Å². The highest BCUT2D eigenvalue weighted by Gasteiger charge is 2.68. The van der Waals surface area contributed by atoms with Crippen molar-refractivity contribution in [3.63, 3.8) is 0 Å². The first-order chi connectivity index (χ1) is 18.0. The first-order valence-electron chi connectivity index (χ1n) is 14.6. The Hall–Kier alpha value is -1.07. The highest BCUT2D eigenvalue weighted by Crippen LogP contribution is 2.70. The van der Waals surface area contributed by atoms with E-state index in [1.807, 2.05) is 0 Å². The number of hydrogen-bond acceptors (Lipinski definition) is 9. The molecule has 4 saturated carbocycles. The van der Waals surface area contributed by atoms with Crippen LogP contribution in [0.1, 0.15) is 71.6 Å². The van der Waals surface area contributed by atoms with Crippen molar-refractivity contribution in [3.8, 4) is 0 Å². The number of cyclic esters (lactones) is 1. The Bertz CT molecular complexity index is 970.